The van der Waals surface area contributed by atoms with Gasteiger partial charge in [-0.3, -0.25) is 0 Å². The number of ether oxygens (including phenoxy) is 1. The van der Waals surface area contributed by atoms with E-state index < -0.39 is 8.07 Å². The lowest BCUT2D eigenvalue weighted by molar-refractivity contribution is 0.0785. The number of aryl methyl sites for hydroxylation is 1. The van der Waals surface area contributed by atoms with Crippen LogP contribution in [0, 0.1) is 6.92 Å². The highest BCUT2D eigenvalue weighted by Gasteiger charge is 2.12. The zero-order chi connectivity index (χ0) is 15.5. The van der Waals surface area contributed by atoms with Crippen LogP contribution in [0.4, 0.5) is 0 Å². The first-order valence-corrected chi connectivity index (χ1v) is 11.6. The molecule has 21 heavy (non-hydrogen) atoms. The number of hydrogen-bond acceptors (Lipinski definition) is 3. The number of halogens is 1. The first-order chi connectivity index (χ1) is 9.85. The largest absolute Gasteiger partial charge is 0.359 e. The van der Waals surface area contributed by atoms with Crippen LogP contribution in [-0.2, 0) is 11.5 Å². The summed E-state index contributed by atoms with van der Waals surface area (Å²) >= 11 is 3.50. The minimum absolute atomic E-state index is 0.465. The third-order valence-electron chi connectivity index (χ3n) is 3.17. The van der Waals surface area contributed by atoms with Gasteiger partial charge in [-0.2, -0.15) is 0 Å². The van der Waals surface area contributed by atoms with Gasteiger partial charge in [-0.1, -0.05) is 35.6 Å². The van der Waals surface area contributed by atoms with E-state index in [4.69, 9.17) is 4.74 Å². The van der Waals surface area contributed by atoms with E-state index in [0.717, 1.165) is 22.5 Å². The molecule has 1 aromatic heterocycles. The molecule has 0 aliphatic carbocycles. The van der Waals surface area contributed by atoms with Gasteiger partial charge in [0.2, 0.25) is 0 Å². The molecule has 0 atom stereocenters. The van der Waals surface area contributed by atoms with Crippen molar-refractivity contribution in [2.75, 3.05) is 6.61 Å². The van der Waals surface area contributed by atoms with Crippen LogP contribution < -0.4 is 0 Å². The zero-order valence-corrected chi connectivity index (χ0v) is 15.6. The Morgan fingerprint density at radius 2 is 2.05 bits per heavy atom. The monoisotopic (exact) mass is 367 g/mol. The Morgan fingerprint density at radius 3 is 2.71 bits per heavy atom. The van der Waals surface area contributed by atoms with Gasteiger partial charge in [0.05, 0.1) is 0 Å². The van der Waals surface area contributed by atoms with Crippen molar-refractivity contribution in [1.29, 1.82) is 0 Å². The van der Waals surface area contributed by atoms with Crippen LogP contribution in [0.25, 0.3) is 11.4 Å². The Kier molecular flexibility index (Phi) is 5.35. The second-order valence-corrected chi connectivity index (χ2v) is 12.9. The number of benzene rings is 1. The first kappa shape index (κ1) is 16.4. The minimum Gasteiger partial charge on any atom is -0.359 e. The molecule has 0 saturated heterocycles. The highest BCUT2D eigenvalue weighted by atomic mass is 79.9. The van der Waals surface area contributed by atoms with E-state index in [9.17, 15) is 0 Å². The highest BCUT2D eigenvalue weighted by molar-refractivity contribution is 9.10. The summed E-state index contributed by atoms with van der Waals surface area (Å²) in [6.07, 6.45) is 1.72. The average Bonchev–Trinajstić information content (AvgIpc) is 2.86. The maximum atomic E-state index is 5.68. The summed E-state index contributed by atoms with van der Waals surface area (Å²) in [5.41, 5.74) is 2.20. The van der Waals surface area contributed by atoms with Crippen molar-refractivity contribution in [3.8, 4) is 11.4 Å². The smallest absolute Gasteiger partial charge is 0.181 e. The Balaban J connectivity index is 1.93. The van der Waals surface area contributed by atoms with E-state index in [0.29, 0.717) is 6.73 Å². The van der Waals surface area contributed by atoms with Crippen LogP contribution in [0.3, 0.4) is 0 Å². The lowest BCUT2D eigenvalue weighted by Crippen LogP contribution is -2.22. The van der Waals surface area contributed by atoms with Crippen molar-refractivity contribution in [2.24, 2.45) is 0 Å². The fourth-order valence-corrected chi connectivity index (χ4v) is 2.81. The van der Waals surface area contributed by atoms with Crippen LogP contribution in [0.1, 0.15) is 5.56 Å². The Labute approximate surface area is 135 Å². The molecule has 0 spiro atoms. The van der Waals surface area contributed by atoms with Crippen LogP contribution in [0.2, 0.25) is 25.7 Å². The van der Waals surface area contributed by atoms with E-state index in [2.05, 4.69) is 58.6 Å². The summed E-state index contributed by atoms with van der Waals surface area (Å²) in [5, 5.41) is 4.46. The second kappa shape index (κ2) is 6.85. The van der Waals surface area contributed by atoms with E-state index in [-0.39, 0.29) is 0 Å². The van der Waals surface area contributed by atoms with E-state index >= 15 is 0 Å². The van der Waals surface area contributed by atoms with Gasteiger partial charge < -0.3 is 4.74 Å². The molecular weight excluding hydrogens is 346 g/mol. The molecule has 0 saturated carbocycles. The van der Waals surface area contributed by atoms with Crippen molar-refractivity contribution in [3.63, 3.8) is 0 Å². The maximum Gasteiger partial charge on any atom is 0.181 e. The molecule has 0 amide bonds. The summed E-state index contributed by atoms with van der Waals surface area (Å²) < 4.78 is 8.52. The summed E-state index contributed by atoms with van der Waals surface area (Å²) in [6, 6.07) is 7.29. The van der Waals surface area contributed by atoms with Crippen molar-refractivity contribution < 1.29 is 4.74 Å². The lowest BCUT2D eigenvalue weighted by atomic mass is 10.1. The van der Waals surface area contributed by atoms with E-state index in [1.807, 2.05) is 12.1 Å². The fourth-order valence-electron chi connectivity index (χ4n) is 1.81. The average molecular weight is 368 g/mol. The van der Waals surface area contributed by atoms with Crippen LogP contribution in [-0.4, -0.2) is 29.4 Å². The molecule has 1 heterocycles. The standard InChI is InChI=1S/C15H22BrN3OSi/c1-12-9-13(5-6-14(12)16)15-17-10-19(18-15)11-20-7-8-21(2,3)4/h5-6,9-10H,7-8,11H2,1-4H3. The summed E-state index contributed by atoms with van der Waals surface area (Å²) in [7, 11) is -1.03. The fraction of sp³-hybridized carbons (Fsp3) is 0.467. The van der Waals surface area contributed by atoms with Crippen LogP contribution in [0.5, 0.6) is 0 Å². The van der Waals surface area contributed by atoms with Gasteiger partial charge in [0.15, 0.2) is 5.82 Å². The van der Waals surface area contributed by atoms with Gasteiger partial charge in [-0.05, 0) is 36.7 Å². The molecule has 2 aromatic rings. The van der Waals surface area contributed by atoms with E-state index in [1.165, 1.54) is 11.6 Å². The topological polar surface area (TPSA) is 39.9 Å². The summed E-state index contributed by atoms with van der Waals surface area (Å²) in [4.78, 5) is 4.35. The minimum atomic E-state index is -1.03. The third kappa shape index (κ3) is 5.05. The molecule has 0 aliphatic rings. The second-order valence-electron chi connectivity index (χ2n) is 6.42. The van der Waals surface area contributed by atoms with Gasteiger partial charge in [0.25, 0.3) is 0 Å². The van der Waals surface area contributed by atoms with Crippen molar-refractivity contribution >= 4 is 24.0 Å². The molecule has 0 fully saturated rings. The van der Waals surface area contributed by atoms with Gasteiger partial charge in [-0.15, -0.1) is 5.10 Å². The Bertz CT molecular complexity index is 607. The summed E-state index contributed by atoms with van der Waals surface area (Å²) in [5.74, 6) is 0.736. The zero-order valence-electron chi connectivity index (χ0n) is 13.1. The van der Waals surface area contributed by atoms with E-state index in [1.54, 1.807) is 11.0 Å². The maximum absolute atomic E-state index is 5.68. The molecule has 1 aromatic carbocycles. The molecular formula is C15H22BrN3OSi. The van der Waals surface area contributed by atoms with Crippen molar-refractivity contribution in [1.82, 2.24) is 14.8 Å². The number of nitrogens with zero attached hydrogens (tertiary/aromatic N) is 3. The molecule has 0 aliphatic heterocycles. The van der Waals surface area contributed by atoms with Crippen molar-refractivity contribution in [3.05, 3.63) is 34.6 Å². The lowest BCUT2D eigenvalue weighted by Gasteiger charge is -2.15. The van der Waals surface area contributed by atoms with Gasteiger partial charge in [-0.25, -0.2) is 9.67 Å². The van der Waals surface area contributed by atoms with Gasteiger partial charge >= 0.3 is 0 Å². The molecule has 0 radical (unpaired) electrons. The SMILES string of the molecule is Cc1cc(-c2ncn(COCC[Si](C)(C)C)n2)ccc1Br. The highest BCUT2D eigenvalue weighted by Crippen LogP contribution is 2.22. The Morgan fingerprint density at radius 1 is 1.29 bits per heavy atom. The molecule has 0 unspecified atom stereocenters. The molecule has 4 nitrogen and oxygen atoms in total. The molecule has 2 rings (SSSR count). The van der Waals surface area contributed by atoms with Crippen molar-refractivity contribution in [2.45, 2.75) is 39.3 Å². The number of aromatic nitrogens is 3. The van der Waals surface area contributed by atoms with Gasteiger partial charge in [0, 0.05) is 24.7 Å². The third-order valence-corrected chi connectivity index (χ3v) is 5.77. The molecule has 0 bridgehead atoms. The summed E-state index contributed by atoms with van der Waals surface area (Å²) in [6.45, 7) is 10.4. The number of rotatable bonds is 6. The molecule has 6 heteroatoms. The van der Waals surface area contributed by atoms with Gasteiger partial charge in [0.1, 0.15) is 13.1 Å². The molecule has 0 N–H and O–H groups in total. The molecule has 114 valence electrons. The predicted octanol–water partition coefficient (Wildman–Crippen LogP) is 4.33. The predicted molar refractivity (Wildman–Crippen MR) is 92.0 cm³/mol. The van der Waals surface area contributed by atoms with Crippen LogP contribution >= 0.6 is 15.9 Å². The Hall–Kier alpha value is -0.983. The normalized spacial score (nSPS) is 11.9. The quantitative estimate of drug-likeness (QED) is 0.563. The number of hydrogen-bond donors (Lipinski definition) is 0. The van der Waals surface area contributed by atoms with Crippen LogP contribution in [0.15, 0.2) is 29.0 Å². The first-order valence-electron chi connectivity index (χ1n) is 7.09.